The molecular formula is C26H30O8. The van der Waals surface area contributed by atoms with Crippen LogP contribution in [0.3, 0.4) is 0 Å². The van der Waals surface area contributed by atoms with E-state index in [1.54, 1.807) is 32.0 Å². The van der Waals surface area contributed by atoms with Crippen molar-refractivity contribution in [3.8, 4) is 17.6 Å². The van der Waals surface area contributed by atoms with E-state index >= 15 is 0 Å². The molecule has 1 aliphatic carbocycles. The second-order valence-corrected chi connectivity index (χ2v) is 9.06. The molecule has 1 saturated carbocycles. The molecule has 0 radical (unpaired) electrons. The molecule has 1 aromatic carbocycles. The van der Waals surface area contributed by atoms with Crippen LogP contribution in [0, 0.1) is 17.8 Å². The zero-order chi connectivity index (χ0) is 24.9. The monoisotopic (exact) mass is 470 g/mol. The number of carbonyl (C=O) groups is 3. The Kier molecular flexibility index (Phi) is 7.68. The quantitative estimate of drug-likeness (QED) is 0.382. The second kappa shape index (κ2) is 10.3. The van der Waals surface area contributed by atoms with Crippen LogP contribution < -0.4 is 4.74 Å². The number of cyclic esters (lactones) is 1. The lowest BCUT2D eigenvalue weighted by atomic mass is 9.82. The fraction of sp³-hybridized carbons (Fsp3) is 0.500. The molecular weight excluding hydrogens is 440 g/mol. The highest BCUT2D eigenvalue weighted by Crippen LogP contribution is 2.39. The first-order valence-corrected chi connectivity index (χ1v) is 11.3. The van der Waals surface area contributed by atoms with Gasteiger partial charge in [0.05, 0.1) is 6.08 Å². The average molecular weight is 471 g/mol. The van der Waals surface area contributed by atoms with Gasteiger partial charge in [0.25, 0.3) is 0 Å². The Morgan fingerprint density at radius 1 is 1.18 bits per heavy atom. The largest absolute Gasteiger partial charge is 0.461 e. The molecule has 34 heavy (non-hydrogen) atoms. The van der Waals surface area contributed by atoms with Gasteiger partial charge in [-0.15, -0.1) is 0 Å². The third kappa shape index (κ3) is 6.84. The fourth-order valence-electron chi connectivity index (χ4n) is 4.20. The minimum absolute atomic E-state index is 0.0506. The Morgan fingerprint density at radius 3 is 2.50 bits per heavy atom. The summed E-state index contributed by atoms with van der Waals surface area (Å²) in [5, 5.41) is 11.6. The molecule has 1 heterocycles. The zero-order valence-electron chi connectivity index (χ0n) is 19.9. The van der Waals surface area contributed by atoms with Crippen LogP contribution >= 0.6 is 0 Å². The molecule has 1 aliphatic heterocycles. The molecule has 1 unspecified atom stereocenters. The number of ether oxygens (including phenoxy) is 4. The lowest BCUT2D eigenvalue weighted by molar-refractivity contribution is -0.207. The number of hydrogen-bond acceptors (Lipinski definition) is 8. The van der Waals surface area contributed by atoms with Crippen LogP contribution in [-0.4, -0.2) is 34.4 Å². The van der Waals surface area contributed by atoms with Crippen molar-refractivity contribution < 1.29 is 38.4 Å². The van der Waals surface area contributed by atoms with Gasteiger partial charge in [-0.2, -0.15) is 0 Å². The number of hydrogen-bond donors (Lipinski definition) is 1. The summed E-state index contributed by atoms with van der Waals surface area (Å²) >= 11 is 0. The predicted molar refractivity (Wildman–Crippen MR) is 121 cm³/mol. The van der Waals surface area contributed by atoms with Gasteiger partial charge in [-0.25, -0.2) is 4.79 Å². The van der Waals surface area contributed by atoms with Gasteiger partial charge in [0, 0.05) is 45.2 Å². The number of esters is 3. The molecule has 0 aromatic heterocycles. The van der Waals surface area contributed by atoms with Crippen molar-refractivity contribution in [2.24, 2.45) is 5.92 Å². The van der Waals surface area contributed by atoms with Crippen molar-refractivity contribution in [1.82, 2.24) is 0 Å². The van der Waals surface area contributed by atoms with Gasteiger partial charge >= 0.3 is 17.9 Å². The third-order valence-electron chi connectivity index (χ3n) is 5.64. The summed E-state index contributed by atoms with van der Waals surface area (Å²) in [5.41, 5.74) is -0.391. The number of carbonyl (C=O) groups excluding carboxylic acids is 3. The van der Waals surface area contributed by atoms with Crippen LogP contribution in [0.25, 0.3) is 0 Å². The zero-order valence-corrected chi connectivity index (χ0v) is 19.9. The molecule has 2 aliphatic rings. The van der Waals surface area contributed by atoms with Crippen molar-refractivity contribution in [3.63, 3.8) is 0 Å². The Hall–Kier alpha value is -3.31. The van der Waals surface area contributed by atoms with Crippen LogP contribution in [0.5, 0.6) is 5.75 Å². The molecule has 182 valence electrons. The van der Waals surface area contributed by atoms with Crippen LogP contribution in [0.1, 0.15) is 70.9 Å². The summed E-state index contributed by atoms with van der Waals surface area (Å²) in [6.45, 7) is 5.75. The van der Waals surface area contributed by atoms with Crippen LogP contribution in [0.4, 0.5) is 0 Å². The molecule has 0 saturated heterocycles. The van der Waals surface area contributed by atoms with E-state index in [-0.39, 0.29) is 24.7 Å². The van der Waals surface area contributed by atoms with E-state index in [0.717, 1.165) is 25.7 Å². The highest BCUT2D eigenvalue weighted by molar-refractivity contribution is 5.83. The predicted octanol–water partition coefficient (Wildman–Crippen LogP) is 3.53. The highest BCUT2D eigenvalue weighted by atomic mass is 16.7. The standard InChI is InChI=1S/C26H30O8/c1-17(27)31-16-20-13-19(9-10-23(20)32-18(2)28)11-12-26(30,21-7-5-6-8-21)15-22-14-24(29)34-25(3,4)33-22/h9-10,13-14,21,30H,5-8,15-16H2,1-4H3. The Balaban J connectivity index is 1.91. The molecule has 3 rings (SSSR count). The number of rotatable bonds is 6. The van der Waals surface area contributed by atoms with Crippen molar-refractivity contribution >= 4 is 17.9 Å². The SMILES string of the molecule is CC(=O)OCc1cc(C#CC(O)(CC2=CC(=O)OC(C)(C)O2)C2CCCC2)ccc1OC(C)=O. The summed E-state index contributed by atoms with van der Waals surface area (Å²) in [4.78, 5) is 34.6. The summed E-state index contributed by atoms with van der Waals surface area (Å²) < 4.78 is 21.2. The van der Waals surface area contributed by atoms with Crippen molar-refractivity contribution in [2.75, 3.05) is 0 Å². The molecule has 8 nitrogen and oxygen atoms in total. The first kappa shape index (κ1) is 25.3. The van der Waals surface area contributed by atoms with Crippen LogP contribution in [0.15, 0.2) is 30.0 Å². The van der Waals surface area contributed by atoms with Gasteiger partial charge < -0.3 is 24.1 Å². The van der Waals surface area contributed by atoms with Gasteiger partial charge in [0.2, 0.25) is 5.79 Å². The van der Waals surface area contributed by atoms with Gasteiger partial charge in [-0.1, -0.05) is 24.7 Å². The maximum atomic E-state index is 12.0. The van der Waals surface area contributed by atoms with E-state index in [1.165, 1.54) is 19.9 Å². The maximum Gasteiger partial charge on any atom is 0.337 e. The molecule has 1 aromatic rings. The van der Waals surface area contributed by atoms with E-state index in [0.29, 0.717) is 16.9 Å². The van der Waals surface area contributed by atoms with Gasteiger partial charge in [-0.3, -0.25) is 9.59 Å². The first-order chi connectivity index (χ1) is 16.0. The topological polar surface area (TPSA) is 108 Å². The lowest BCUT2D eigenvalue weighted by Gasteiger charge is -2.35. The summed E-state index contributed by atoms with van der Waals surface area (Å²) in [6, 6.07) is 4.89. The van der Waals surface area contributed by atoms with E-state index in [1.807, 2.05) is 0 Å². The number of aliphatic hydroxyl groups is 1. The molecule has 1 fully saturated rings. The van der Waals surface area contributed by atoms with Gasteiger partial charge in [0.15, 0.2) is 0 Å². The smallest absolute Gasteiger partial charge is 0.337 e. The fourth-order valence-corrected chi connectivity index (χ4v) is 4.20. The molecule has 0 spiro atoms. The van der Waals surface area contributed by atoms with E-state index in [4.69, 9.17) is 18.9 Å². The molecule has 0 bridgehead atoms. The second-order valence-electron chi connectivity index (χ2n) is 9.06. The van der Waals surface area contributed by atoms with Crippen LogP contribution in [-0.2, 0) is 35.2 Å². The third-order valence-corrected chi connectivity index (χ3v) is 5.64. The molecule has 0 amide bonds. The van der Waals surface area contributed by atoms with Crippen molar-refractivity contribution in [3.05, 3.63) is 41.2 Å². The first-order valence-electron chi connectivity index (χ1n) is 11.3. The van der Waals surface area contributed by atoms with Crippen molar-refractivity contribution in [1.29, 1.82) is 0 Å². The highest BCUT2D eigenvalue weighted by Gasteiger charge is 2.41. The minimum Gasteiger partial charge on any atom is -0.461 e. The summed E-state index contributed by atoms with van der Waals surface area (Å²) in [7, 11) is 0. The Bertz CT molecular complexity index is 1050. The maximum absolute atomic E-state index is 12.0. The Morgan fingerprint density at radius 2 is 1.88 bits per heavy atom. The van der Waals surface area contributed by atoms with E-state index in [9.17, 15) is 19.5 Å². The van der Waals surface area contributed by atoms with Gasteiger partial charge in [0.1, 0.15) is 23.7 Å². The summed E-state index contributed by atoms with van der Waals surface area (Å²) in [6.07, 6.45) is 4.91. The molecule has 1 atom stereocenters. The normalized spacial score (nSPS) is 19.0. The summed E-state index contributed by atoms with van der Waals surface area (Å²) in [5.74, 6) is 3.93. The lowest BCUT2D eigenvalue weighted by Crippen LogP contribution is -2.40. The van der Waals surface area contributed by atoms with E-state index in [2.05, 4.69) is 11.8 Å². The van der Waals surface area contributed by atoms with E-state index < -0.39 is 29.3 Å². The molecule has 1 N–H and O–H groups in total. The number of benzene rings is 1. The van der Waals surface area contributed by atoms with Crippen molar-refractivity contribution in [2.45, 2.75) is 77.8 Å². The molecule has 8 heteroatoms. The van der Waals surface area contributed by atoms with Gasteiger partial charge in [-0.05, 0) is 37.0 Å². The average Bonchev–Trinajstić information content (AvgIpc) is 3.25. The van der Waals surface area contributed by atoms with Crippen LogP contribution in [0.2, 0.25) is 0 Å². The minimum atomic E-state index is -1.42. The Labute approximate surface area is 199 Å².